The van der Waals surface area contributed by atoms with Crippen molar-refractivity contribution in [1.29, 1.82) is 0 Å². The van der Waals surface area contributed by atoms with Gasteiger partial charge in [0.15, 0.2) is 29.7 Å². The molecule has 1 rings (SSSR count). The van der Waals surface area contributed by atoms with Gasteiger partial charge in [0.05, 0.1) is 0 Å². The van der Waals surface area contributed by atoms with Crippen molar-refractivity contribution >= 4 is 41.2 Å². The van der Waals surface area contributed by atoms with Crippen molar-refractivity contribution in [2.75, 3.05) is 6.61 Å². The van der Waals surface area contributed by atoms with E-state index in [1.807, 2.05) is 0 Å². The van der Waals surface area contributed by atoms with E-state index in [2.05, 4.69) is 10.7 Å². The Morgan fingerprint density at radius 3 is 1.86 bits per heavy atom. The number of carbonyl (C=O) groups excluding carboxylic acids is 4. The molecular weight excluding hydrogens is 398 g/mol. The normalized spacial score (nSPS) is 26.4. The van der Waals surface area contributed by atoms with E-state index >= 15 is 0 Å². The molecule has 0 radical (unpaired) electrons. The van der Waals surface area contributed by atoms with Crippen molar-refractivity contribution < 1.29 is 42.9 Å². The molecule has 1 aliphatic rings. The number of thiocarbonyl (C=S) groups is 1. The number of nitrogens with one attached hydrogen (secondary N) is 2. The second kappa shape index (κ2) is 10.7. The zero-order valence-corrected chi connectivity index (χ0v) is 16.6. The van der Waals surface area contributed by atoms with Crippen LogP contribution in [0.5, 0.6) is 0 Å². The number of hydrogen-bond donors (Lipinski definition) is 3. The SMILES string of the molecule is CC(=O)OC[C@H]1O[C@@H](NC(=S)NN)[C@H](OC(C)=O)[C@@H](OC(C)=O)[C@@H]1OC(C)=O. The second-order valence-corrected chi connectivity index (χ2v) is 6.15. The van der Waals surface area contributed by atoms with Gasteiger partial charge in [-0.2, -0.15) is 0 Å². The predicted molar refractivity (Wildman–Crippen MR) is 95.0 cm³/mol. The van der Waals surface area contributed by atoms with Gasteiger partial charge in [0.2, 0.25) is 0 Å². The predicted octanol–water partition coefficient (Wildman–Crippen LogP) is -1.59. The smallest absolute Gasteiger partial charge is 0.303 e. The molecule has 0 bridgehead atoms. The highest BCUT2D eigenvalue weighted by atomic mass is 32.1. The molecule has 13 heteroatoms. The number of nitrogens with two attached hydrogens (primary N) is 1. The average molecular weight is 421 g/mol. The molecule has 158 valence electrons. The number of carbonyl (C=O) groups is 4. The molecule has 1 fully saturated rings. The molecule has 0 amide bonds. The Hall–Kier alpha value is -2.51. The topological polar surface area (TPSA) is 165 Å². The van der Waals surface area contributed by atoms with E-state index in [1.54, 1.807) is 0 Å². The van der Waals surface area contributed by atoms with Crippen LogP contribution >= 0.6 is 12.2 Å². The van der Waals surface area contributed by atoms with Gasteiger partial charge in [-0.1, -0.05) is 0 Å². The van der Waals surface area contributed by atoms with E-state index in [0.29, 0.717) is 0 Å². The Bertz CT molecular complexity index is 630. The summed E-state index contributed by atoms with van der Waals surface area (Å²) in [5.74, 6) is 2.46. The van der Waals surface area contributed by atoms with Gasteiger partial charge in [0.1, 0.15) is 12.7 Å². The highest BCUT2D eigenvalue weighted by Crippen LogP contribution is 2.28. The molecule has 0 unspecified atom stereocenters. The van der Waals surface area contributed by atoms with Crippen LogP contribution in [-0.2, 0) is 42.9 Å². The van der Waals surface area contributed by atoms with Crippen LogP contribution in [0.15, 0.2) is 0 Å². The molecule has 0 saturated carbocycles. The lowest BCUT2D eigenvalue weighted by molar-refractivity contribution is -0.254. The van der Waals surface area contributed by atoms with Gasteiger partial charge in [0, 0.05) is 27.7 Å². The van der Waals surface area contributed by atoms with E-state index in [0.717, 1.165) is 20.8 Å². The van der Waals surface area contributed by atoms with Crippen LogP contribution < -0.4 is 16.6 Å². The fraction of sp³-hybridized carbons (Fsp3) is 0.667. The summed E-state index contributed by atoms with van der Waals surface area (Å²) in [6, 6.07) is 0. The minimum absolute atomic E-state index is 0.0686. The summed E-state index contributed by atoms with van der Waals surface area (Å²) in [5, 5.41) is 2.57. The van der Waals surface area contributed by atoms with Crippen molar-refractivity contribution in [3.8, 4) is 0 Å². The Labute approximate surface area is 166 Å². The highest BCUT2D eigenvalue weighted by Gasteiger charge is 2.52. The van der Waals surface area contributed by atoms with Gasteiger partial charge in [0.25, 0.3) is 0 Å². The van der Waals surface area contributed by atoms with Crippen molar-refractivity contribution in [2.24, 2.45) is 5.84 Å². The molecule has 12 nitrogen and oxygen atoms in total. The van der Waals surface area contributed by atoms with Crippen LogP contribution in [0, 0.1) is 0 Å². The number of esters is 4. The first-order valence-corrected chi connectivity index (χ1v) is 8.53. The third-order valence-electron chi connectivity index (χ3n) is 3.40. The second-order valence-electron chi connectivity index (χ2n) is 5.74. The van der Waals surface area contributed by atoms with Crippen molar-refractivity contribution in [2.45, 2.75) is 58.3 Å². The molecule has 28 heavy (non-hydrogen) atoms. The largest absolute Gasteiger partial charge is 0.463 e. The van der Waals surface area contributed by atoms with Gasteiger partial charge in [-0.3, -0.25) is 19.2 Å². The monoisotopic (exact) mass is 421 g/mol. The molecule has 5 atom stereocenters. The third-order valence-corrected chi connectivity index (χ3v) is 3.63. The first kappa shape index (κ1) is 23.5. The molecule has 0 aromatic carbocycles. The van der Waals surface area contributed by atoms with Gasteiger partial charge in [-0.05, 0) is 12.2 Å². The Morgan fingerprint density at radius 1 is 0.893 bits per heavy atom. The Morgan fingerprint density at radius 2 is 1.39 bits per heavy atom. The van der Waals surface area contributed by atoms with Crippen LogP contribution in [0.25, 0.3) is 0 Å². The van der Waals surface area contributed by atoms with Gasteiger partial charge >= 0.3 is 23.9 Å². The minimum atomic E-state index is -1.28. The highest BCUT2D eigenvalue weighted by molar-refractivity contribution is 7.80. The lowest BCUT2D eigenvalue weighted by Gasteiger charge is -2.44. The van der Waals surface area contributed by atoms with Crippen LogP contribution in [-0.4, -0.2) is 66.2 Å². The number of hydrazine groups is 1. The molecule has 4 N–H and O–H groups in total. The standard InChI is InChI=1S/C15H23N3O9S/c1-6(19)23-5-10-11(24-7(2)20)12(25-8(3)21)13(26-9(4)22)14(27-10)17-15(28)18-16/h10-14H,5,16H2,1-4H3,(H2,17,18,28)/t10-,11-,12+,13-,14-/m1/s1. The van der Waals surface area contributed by atoms with Crippen LogP contribution in [0.3, 0.4) is 0 Å². The van der Waals surface area contributed by atoms with E-state index in [1.165, 1.54) is 6.92 Å². The minimum Gasteiger partial charge on any atom is -0.463 e. The number of ether oxygens (including phenoxy) is 5. The van der Waals surface area contributed by atoms with E-state index < -0.39 is 54.5 Å². The van der Waals surface area contributed by atoms with Crippen molar-refractivity contribution in [3.63, 3.8) is 0 Å². The number of rotatable bonds is 6. The summed E-state index contributed by atoms with van der Waals surface area (Å²) < 4.78 is 26.4. The molecule has 1 aliphatic heterocycles. The summed E-state index contributed by atoms with van der Waals surface area (Å²) in [6.45, 7) is 4.23. The Balaban J connectivity index is 3.30. The maximum Gasteiger partial charge on any atom is 0.303 e. The van der Waals surface area contributed by atoms with E-state index in [9.17, 15) is 19.2 Å². The quantitative estimate of drug-likeness (QED) is 0.148. The summed E-state index contributed by atoms with van der Waals surface area (Å²) in [7, 11) is 0. The van der Waals surface area contributed by atoms with Crippen LogP contribution in [0.1, 0.15) is 27.7 Å². The molecule has 1 saturated heterocycles. The summed E-state index contributed by atoms with van der Waals surface area (Å²) in [6.07, 6.45) is -6.00. The van der Waals surface area contributed by atoms with Gasteiger partial charge in [-0.25, -0.2) is 5.84 Å². The fourth-order valence-corrected chi connectivity index (χ4v) is 2.63. The lowest BCUT2D eigenvalue weighted by atomic mass is 9.97. The van der Waals surface area contributed by atoms with Crippen LogP contribution in [0.2, 0.25) is 0 Å². The zero-order chi connectivity index (χ0) is 21.4. The lowest BCUT2D eigenvalue weighted by Crippen LogP contribution is -2.67. The zero-order valence-electron chi connectivity index (χ0n) is 15.8. The maximum absolute atomic E-state index is 11.6. The summed E-state index contributed by atoms with van der Waals surface area (Å²) >= 11 is 4.93. The molecule has 0 aliphatic carbocycles. The van der Waals surface area contributed by atoms with Crippen molar-refractivity contribution in [3.05, 3.63) is 0 Å². The molecule has 0 aromatic heterocycles. The third kappa shape index (κ3) is 7.25. The fourth-order valence-electron chi connectivity index (χ4n) is 2.52. The first-order chi connectivity index (χ1) is 13.0. The van der Waals surface area contributed by atoms with Crippen LogP contribution in [0.4, 0.5) is 0 Å². The molecule has 0 aromatic rings. The molecule has 0 spiro atoms. The maximum atomic E-state index is 11.6. The Kier molecular flexibility index (Phi) is 9.02. The summed E-state index contributed by atoms with van der Waals surface area (Å²) in [5.41, 5.74) is 2.17. The summed E-state index contributed by atoms with van der Waals surface area (Å²) in [4.78, 5) is 45.9. The number of hydrogen-bond acceptors (Lipinski definition) is 11. The molecule has 1 heterocycles. The molecular formula is C15H23N3O9S. The average Bonchev–Trinajstić information content (AvgIpc) is 2.57. The van der Waals surface area contributed by atoms with Gasteiger partial charge < -0.3 is 34.4 Å². The first-order valence-electron chi connectivity index (χ1n) is 8.12. The van der Waals surface area contributed by atoms with E-state index in [4.69, 9.17) is 41.7 Å². The van der Waals surface area contributed by atoms with Gasteiger partial charge in [-0.15, -0.1) is 0 Å². The van der Waals surface area contributed by atoms with E-state index in [-0.39, 0.29) is 11.7 Å². The van der Waals surface area contributed by atoms with Crippen molar-refractivity contribution in [1.82, 2.24) is 10.7 Å².